The van der Waals surface area contributed by atoms with E-state index in [1.807, 2.05) is 43.9 Å². The van der Waals surface area contributed by atoms with Crippen LogP contribution in [-0.2, 0) is 32.0 Å². The van der Waals surface area contributed by atoms with Crippen LogP contribution in [0.5, 0.6) is 5.75 Å². The zero-order valence-corrected chi connectivity index (χ0v) is 25.9. The van der Waals surface area contributed by atoms with Crippen LogP contribution >= 0.6 is 0 Å². The van der Waals surface area contributed by atoms with E-state index in [1.54, 1.807) is 24.5 Å². The molecule has 234 valence electrons. The highest BCUT2D eigenvalue weighted by molar-refractivity contribution is 5.82. The quantitative estimate of drug-likeness (QED) is 0.329. The molecule has 2 aromatic rings. The Hall–Kier alpha value is -3.46. The normalized spacial score (nSPS) is 18.6. The first kappa shape index (κ1) is 32.5. The van der Waals surface area contributed by atoms with E-state index in [2.05, 4.69) is 15.6 Å². The predicted molar refractivity (Wildman–Crippen MR) is 165 cm³/mol. The number of aromatic hydroxyl groups is 1. The number of hydrogen-bond donors (Lipinski definition) is 3. The van der Waals surface area contributed by atoms with Crippen molar-refractivity contribution >= 4 is 17.8 Å². The average molecular weight is 593 g/mol. The van der Waals surface area contributed by atoms with E-state index in [9.17, 15) is 19.5 Å². The Morgan fingerprint density at radius 1 is 1.07 bits per heavy atom. The molecular weight excluding hydrogens is 544 g/mol. The van der Waals surface area contributed by atoms with Crippen LogP contribution in [0.4, 0.5) is 0 Å². The number of aryl methyl sites for hydroxylation is 2. The van der Waals surface area contributed by atoms with Gasteiger partial charge in [-0.1, -0.05) is 18.2 Å². The maximum Gasteiger partial charge on any atom is 0.308 e. The van der Waals surface area contributed by atoms with Crippen molar-refractivity contribution in [3.05, 3.63) is 59.4 Å². The van der Waals surface area contributed by atoms with Gasteiger partial charge in [0.05, 0.1) is 18.4 Å². The van der Waals surface area contributed by atoms with Crippen LogP contribution in [0.15, 0.2) is 42.7 Å². The Morgan fingerprint density at radius 2 is 1.79 bits per heavy atom. The van der Waals surface area contributed by atoms with Crippen LogP contribution in [0.3, 0.4) is 0 Å². The molecule has 0 bridgehead atoms. The second kappa shape index (κ2) is 15.3. The zero-order chi connectivity index (χ0) is 30.8. The van der Waals surface area contributed by atoms with Gasteiger partial charge in [0.25, 0.3) is 0 Å². The summed E-state index contributed by atoms with van der Waals surface area (Å²) in [5.74, 6) is 0.0729. The number of likely N-dealkylation sites (tertiary alicyclic amines) is 1. The first-order valence-corrected chi connectivity index (χ1v) is 15.8. The Morgan fingerprint density at radius 3 is 2.51 bits per heavy atom. The van der Waals surface area contributed by atoms with Crippen molar-refractivity contribution in [2.45, 2.75) is 90.2 Å². The van der Waals surface area contributed by atoms with Gasteiger partial charge in [-0.05, 0) is 114 Å². The van der Waals surface area contributed by atoms with E-state index in [-0.39, 0.29) is 29.9 Å². The first-order chi connectivity index (χ1) is 20.6. The van der Waals surface area contributed by atoms with Gasteiger partial charge in [0.1, 0.15) is 11.4 Å². The van der Waals surface area contributed by atoms with Crippen LogP contribution in [0, 0.1) is 11.8 Å². The lowest BCUT2D eigenvalue weighted by Crippen LogP contribution is -2.46. The van der Waals surface area contributed by atoms with Gasteiger partial charge in [-0.15, -0.1) is 0 Å². The molecule has 43 heavy (non-hydrogen) atoms. The van der Waals surface area contributed by atoms with Crippen LogP contribution < -0.4 is 10.6 Å². The van der Waals surface area contributed by atoms with Gasteiger partial charge in [0, 0.05) is 31.9 Å². The first-order valence-electron chi connectivity index (χ1n) is 15.8. The molecule has 9 nitrogen and oxygen atoms in total. The summed E-state index contributed by atoms with van der Waals surface area (Å²) in [5, 5.41) is 16.0. The van der Waals surface area contributed by atoms with Crippen molar-refractivity contribution in [2.75, 3.05) is 26.2 Å². The summed E-state index contributed by atoms with van der Waals surface area (Å²) in [7, 11) is 0. The number of nitrogens with zero attached hydrogens (tertiary/aromatic N) is 2. The summed E-state index contributed by atoms with van der Waals surface area (Å²) in [6.07, 6.45) is 10.1. The smallest absolute Gasteiger partial charge is 0.308 e. The molecule has 2 aliphatic rings. The fourth-order valence-electron chi connectivity index (χ4n) is 5.95. The molecule has 2 saturated heterocycles. The number of benzene rings is 1. The number of phenolic OH excluding ortho intramolecular Hbond substituents is 1. The number of carbonyl (C=O) groups is 3. The van der Waals surface area contributed by atoms with E-state index in [0.29, 0.717) is 31.8 Å². The number of phenols is 1. The number of amides is 2. The van der Waals surface area contributed by atoms with Crippen molar-refractivity contribution < 1.29 is 24.2 Å². The molecule has 2 fully saturated rings. The molecule has 2 atom stereocenters. The molecule has 9 heteroatoms. The van der Waals surface area contributed by atoms with Gasteiger partial charge in [0.2, 0.25) is 11.8 Å². The van der Waals surface area contributed by atoms with E-state index in [1.165, 1.54) is 0 Å². The number of piperidine rings is 2. The van der Waals surface area contributed by atoms with Gasteiger partial charge in [-0.3, -0.25) is 19.4 Å². The number of pyridine rings is 1. The minimum atomic E-state index is -0.645. The highest BCUT2D eigenvalue weighted by Crippen LogP contribution is 2.25. The number of nitrogens with one attached hydrogen (secondary N) is 2. The molecule has 3 heterocycles. The Kier molecular flexibility index (Phi) is 11.6. The molecule has 2 amide bonds. The Bertz CT molecular complexity index is 1220. The lowest BCUT2D eigenvalue weighted by molar-refractivity contribution is -0.155. The van der Waals surface area contributed by atoms with Gasteiger partial charge in [-0.2, -0.15) is 0 Å². The second-order valence-corrected chi connectivity index (χ2v) is 13.1. The summed E-state index contributed by atoms with van der Waals surface area (Å²) in [6.45, 7) is 8.59. The zero-order valence-electron chi connectivity index (χ0n) is 25.9. The molecule has 2 aliphatic heterocycles. The number of rotatable bonds is 11. The fourth-order valence-corrected chi connectivity index (χ4v) is 5.95. The molecule has 1 aromatic carbocycles. The molecular formula is C34H48N4O5. The highest BCUT2D eigenvalue weighted by atomic mass is 16.6. The fraction of sp³-hybridized carbons (Fsp3) is 0.588. The largest absolute Gasteiger partial charge is 0.508 e. The van der Waals surface area contributed by atoms with E-state index in [4.69, 9.17) is 4.74 Å². The summed E-state index contributed by atoms with van der Waals surface area (Å²) in [4.78, 5) is 45.8. The number of hydrogen-bond acceptors (Lipinski definition) is 7. The van der Waals surface area contributed by atoms with Gasteiger partial charge in [-0.25, -0.2) is 0 Å². The molecule has 4 rings (SSSR count). The van der Waals surface area contributed by atoms with Crippen LogP contribution in [0.1, 0.15) is 88.4 Å². The van der Waals surface area contributed by atoms with Crippen molar-refractivity contribution in [1.82, 2.24) is 20.5 Å². The van der Waals surface area contributed by atoms with Gasteiger partial charge < -0.3 is 25.4 Å². The maximum absolute atomic E-state index is 13.6. The summed E-state index contributed by atoms with van der Waals surface area (Å²) in [5.41, 5.74) is 2.17. The minimum absolute atomic E-state index is 0.0162. The maximum atomic E-state index is 13.6. The van der Waals surface area contributed by atoms with Crippen molar-refractivity contribution in [3.63, 3.8) is 0 Å². The van der Waals surface area contributed by atoms with Crippen molar-refractivity contribution in [3.8, 4) is 5.75 Å². The van der Waals surface area contributed by atoms with E-state index in [0.717, 1.165) is 68.3 Å². The number of ether oxygens (including phenoxy) is 1. The minimum Gasteiger partial charge on any atom is -0.508 e. The van der Waals surface area contributed by atoms with E-state index < -0.39 is 17.6 Å². The number of aromatic nitrogens is 1. The third-order valence-electron chi connectivity index (χ3n) is 8.33. The second-order valence-electron chi connectivity index (χ2n) is 13.1. The standard InChI is InChI=1S/C34H48N4O5/c1-34(2,3)43-32(41)20-30(28-19-26(21-36-22-28)7-6-24-8-11-29(39)12-9-24)37-33(42)27-5-4-18-38(23-27)31(40)13-10-25-14-16-35-17-15-25/h8-9,11-12,19,21-22,25,27,30,35,39H,4-7,10,13-18,20,23H2,1-3H3,(H,37,42)/t27-,30+/m1/s1. The van der Waals surface area contributed by atoms with Crippen LogP contribution in [0.2, 0.25) is 0 Å². The highest BCUT2D eigenvalue weighted by Gasteiger charge is 2.31. The topological polar surface area (TPSA) is 121 Å². The third kappa shape index (κ3) is 10.6. The molecule has 3 N–H and O–H groups in total. The predicted octanol–water partition coefficient (Wildman–Crippen LogP) is 4.48. The van der Waals surface area contributed by atoms with Gasteiger partial charge >= 0.3 is 5.97 Å². The Balaban J connectivity index is 1.40. The lowest BCUT2D eigenvalue weighted by Gasteiger charge is -2.33. The number of esters is 1. The van der Waals surface area contributed by atoms with E-state index >= 15 is 0 Å². The SMILES string of the molecule is CC(C)(C)OC(=O)C[C@H](NC(=O)[C@@H]1CCCN(C(=O)CCC2CCNCC2)C1)c1cncc(CCc2ccc(O)cc2)c1. The van der Waals surface area contributed by atoms with Crippen LogP contribution in [0.25, 0.3) is 0 Å². The molecule has 0 radical (unpaired) electrons. The molecule has 1 aromatic heterocycles. The van der Waals surface area contributed by atoms with Crippen LogP contribution in [-0.4, -0.2) is 64.6 Å². The Labute approximate surface area is 255 Å². The molecule has 0 unspecified atom stereocenters. The van der Waals surface area contributed by atoms with Crippen molar-refractivity contribution in [1.29, 1.82) is 0 Å². The lowest BCUT2D eigenvalue weighted by atomic mass is 9.92. The molecule has 0 saturated carbocycles. The number of carbonyl (C=O) groups excluding carboxylic acids is 3. The summed E-state index contributed by atoms with van der Waals surface area (Å²) >= 11 is 0. The molecule has 0 spiro atoms. The summed E-state index contributed by atoms with van der Waals surface area (Å²) < 4.78 is 5.60. The van der Waals surface area contributed by atoms with Gasteiger partial charge in [0.15, 0.2) is 0 Å². The van der Waals surface area contributed by atoms with Crippen molar-refractivity contribution in [2.24, 2.45) is 11.8 Å². The average Bonchev–Trinajstić information content (AvgIpc) is 2.99. The summed E-state index contributed by atoms with van der Waals surface area (Å²) in [6, 6.07) is 8.51. The third-order valence-corrected chi connectivity index (χ3v) is 8.33. The monoisotopic (exact) mass is 592 g/mol. The molecule has 0 aliphatic carbocycles.